The molecule has 1 unspecified atom stereocenters. The predicted octanol–water partition coefficient (Wildman–Crippen LogP) is 0.931. The molecule has 0 aliphatic carbocycles. The minimum atomic E-state index is 0.0248. The standard InChI is InChI=1S/C15H19ClN4O2/c1-3-8-17-13(21)9-20(2)10-14-18-15(19-22-14)11-4-6-12(16)7-5-11/h4-7H,3,8-10H2,1-2H3,(H,17,21)/p+1. The molecule has 1 heterocycles. The van der Waals surface area contributed by atoms with Gasteiger partial charge in [-0.15, -0.1) is 0 Å². The number of quaternary nitrogens is 1. The van der Waals surface area contributed by atoms with E-state index >= 15 is 0 Å². The number of halogens is 1. The highest BCUT2D eigenvalue weighted by Gasteiger charge is 2.15. The maximum atomic E-state index is 11.7. The number of carbonyl (C=O) groups excluding carboxylic acids is 1. The second-order valence-corrected chi connectivity index (χ2v) is 5.62. The first kappa shape index (κ1) is 16.5. The number of amides is 1. The summed E-state index contributed by atoms with van der Waals surface area (Å²) in [6, 6.07) is 7.24. The lowest BCUT2D eigenvalue weighted by Crippen LogP contribution is -3.09. The molecule has 1 aromatic heterocycles. The van der Waals surface area contributed by atoms with Gasteiger partial charge in [0.05, 0.1) is 7.05 Å². The zero-order valence-corrected chi connectivity index (χ0v) is 13.5. The number of benzene rings is 1. The molecule has 0 radical (unpaired) electrons. The Hall–Kier alpha value is -1.92. The quantitative estimate of drug-likeness (QED) is 0.795. The van der Waals surface area contributed by atoms with Crippen molar-refractivity contribution in [1.29, 1.82) is 0 Å². The van der Waals surface area contributed by atoms with Crippen LogP contribution in [0.15, 0.2) is 28.8 Å². The number of hydrogen-bond acceptors (Lipinski definition) is 4. The van der Waals surface area contributed by atoms with E-state index in [1.165, 1.54) is 0 Å². The lowest BCUT2D eigenvalue weighted by atomic mass is 10.2. The van der Waals surface area contributed by atoms with Gasteiger partial charge in [-0.1, -0.05) is 23.7 Å². The molecule has 0 fully saturated rings. The average molecular weight is 324 g/mol. The van der Waals surface area contributed by atoms with Gasteiger partial charge in [-0.2, -0.15) is 4.98 Å². The smallest absolute Gasteiger partial charge is 0.282 e. The lowest BCUT2D eigenvalue weighted by molar-refractivity contribution is -0.886. The molecule has 1 amide bonds. The van der Waals surface area contributed by atoms with Crippen molar-refractivity contribution in [3.8, 4) is 11.4 Å². The predicted molar refractivity (Wildman–Crippen MR) is 83.5 cm³/mol. The van der Waals surface area contributed by atoms with E-state index < -0.39 is 0 Å². The van der Waals surface area contributed by atoms with Crippen LogP contribution in [0.3, 0.4) is 0 Å². The molecular formula is C15H20ClN4O2+. The molecule has 1 aromatic carbocycles. The summed E-state index contributed by atoms with van der Waals surface area (Å²) in [5.41, 5.74) is 0.845. The molecule has 0 aliphatic heterocycles. The van der Waals surface area contributed by atoms with Gasteiger partial charge in [0.25, 0.3) is 11.8 Å². The van der Waals surface area contributed by atoms with Gasteiger partial charge in [0.1, 0.15) is 0 Å². The first-order valence-corrected chi connectivity index (χ1v) is 7.62. The van der Waals surface area contributed by atoms with Crippen molar-refractivity contribution in [2.24, 2.45) is 0 Å². The maximum absolute atomic E-state index is 11.7. The Morgan fingerprint density at radius 2 is 2.09 bits per heavy atom. The van der Waals surface area contributed by atoms with E-state index in [9.17, 15) is 4.79 Å². The third-order valence-corrected chi connectivity index (χ3v) is 3.31. The third kappa shape index (κ3) is 4.82. The van der Waals surface area contributed by atoms with Crippen molar-refractivity contribution in [2.75, 3.05) is 20.1 Å². The van der Waals surface area contributed by atoms with Gasteiger partial charge in [-0.05, 0) is 30.7 Å². The Bertz CT molecular complexity index is 612. The summed E-state index contributed by atoms with van der Waals surface area (Å²) in [5.74, 6) is 1.05. The third-order valence-electron chi connectivity index (χ3n) is 3.06. The molecule has 118 valence electrons. The first-order valence-electron chi connectivity index (χ1n) is 7.25. The SMILES string of the molecule is CCCNC(=O)C[NH+](C)Cc1nc(-c2ccc(Cl)cc2)no1. The van der Waals surface area contributed by atoms with Crippen molar-refractivity contribution in [3.63, 3.8) is 0 Å². The molecule has 0 aliphatic rings. The second kappa shape index (κ2) is 7.91. The summed E-state index contributed by atoms with van der Waals surface area (Å²) >= 11 is 5.85. The van der Waals surface area contributed by atoms with Crippen LogP contribution in [0.25, 0.3) is 11.4 Å². The zero-order chi connectivity index (χ0) is 15.9. The summed E-state index contributed by atoms with van der Waals surface area (Å²) < 4.78 is 5.24. The van der Waals surface area contributed by atoms with Crippen LogP contribution in [0.4, 0.5) is 0 Å². The highest BCUT2D eigenvalue weighted by atomic mass is 35.5. The molecular weight excluding hydrogens is 304 g/mol. The van der Waals surface area contributed by atoms with E-state index in [4.69, 9.17) is 16.1 Å². The molecule has 0 spiro atoms. The Kier molecular flexibility index (Phi) is 5.91. The molecule has 22 heavy (non-hydrogen) atoms. The summed E-state index contributed by atoms with van der Waals surface area (Å²) in [7, 11) is 1.91. The normalized spacial score (nSPS) is 12.1. The minimum Gasteiger partial charge on any atom is -0.351 e. The number of carbonyl (C=O) groups is 1. The molecule has 0 bridgehead atoms. The Balaban J connectivity index is 1.91. The van der Waals surface area contributed by atoms with E-state index in [1.807, 2.05) is 26.1 Å². The average Bonchev–Trinajstić information content (AvgIpc) is 2.94. The number of hydrogen-bond donors (Lipinski definition) is 2. The van der Waals surface area contributed by atoms with Gasteiger partial charge in [0.2, 0.25) is 5.82 Å². The van der Waals surface area contributed by atoms with Crippen LogP contribution in [-0.4, -0.2) is 36.2 Å². The van der Waals surface area contributed by atoms with E-state index in [-0.39, 0.29) is 5.91 Å². The summed E-state index contributed by atoms with van der Waals surface area (Å²) in [6.07, 6.45) is 0.929. The van der Waals surface area contributed by atoms with Crippen molar-refractivity contribution < 1.29 is 14.2 Å². The van der Waals surface area contributed by atoms with Crippen LogP contribution < -0.4 is 10.2 Å². The van der Waals surface area contributed by atoms with E-state index in [0.29, 0.717) is 36.4 Å². The number of nitrogens with zero attached hydrogens (tertiary/aromatic N) is 2. The first-order chi connectivity index (χ1) is 10.6. The molecule has 6 nitrogen and oxygen atoms in total. The minimum absolute atomic E-state index is 0.0248. The maximum Gasteiger partial charge on any atom is 0.282 e. The highest BCUT2D eigenvalue weighted by molar-refractivity contribution is 6.30. The highest BCUT2D eigenvalue weighted by Crippen LogP contribution is 2.18. The molecule has 2 aromatic rings. The Labute approximate surface area is 134 Å². The van der Waals surface area contributed by atoms with Gasteiger partial charge < -0.3 is 14.7 Å². The fourth-order valence-corrected chi connectivity index (χ4v) is 2.09. The van der Waals surface area contributed by atoms with Crippen molar-refractivity contribution in [2.45, 2.75) is 19.9 Å². The topological polar surface area (TPSA) is 72.5 Å². The van der Waals surface area contributed by atoms with Gasteiger partial charge in [-0.25, -0.2) is 0 Å². The van der Waals surface area contributed by atoms with Crippen molar-refractivity contribution in [3.05, 3.63) is 35.2 Å². The molecule has 2 rings (SSSR count). The van der Waals surface area contributed by atoms with Crippen LogP contribution in [0.2, 0.25) is 5.02 Å². The fraction of sp³-hybridized carbons (Fsp3) is 0.400. The van der Waals surface area contributed by atoms with Gasteiger partial charge in [0.15, 0.2) is 13.1 Å². The zero-order valence-electron chi connectivity index (χ0n) is 12.7. The van der Waals surface area contributed by atoms with E-state index in [2.05, 4.69) is 15.5 Å². The molecule has 7 heteroatoms. The van der Waals surface area contributed by atoms with E-state index in [1.54, 1.807) is 12.1 Å². The Morgan fingerprint density at radius 1 is 1.36 bits per heavy atom. The van der Waals surface area contributed by atoms with Gasteiger partial charge in [-0.3, -0.25) is 4.79 Å². The lowest BCUT2D eigenvalue weighted by Gasteiger charge is -2.10. The molecule has 0 saturated heterocycles. The van der Waals surface area contributed by atoms with Gasteiger partial charge >= 0.3 is 0 Å². The van der Waals surface area contributed by atoms with Crippen LogP contribution in [-0.2, 0) is 11.3 Å². The number of aromatic nitrogens is 2. The van der Waals surface area contributed by atoms with E-state index in [0.717, 1.165) is 16.9 Å². The van der Waals surface area contributed by atoms with Gasteiger partial charge in [0, 0.05) is 17.1 Å². The molecule has 2 N–H and O–H groups in total. The van der Waals surface area contributed by atoms with Crippen LogP contribution in [0.1, 0.15) is 19.2 Å². The number of nitrogens with one attached hydrogen (secondary N) is 2. The Morgan fingerprint density at radius 3 is 2.77 bits per heavy atom. The second-order valence-electron chi connectivity index (χ2n) is 5.18. The monoisotopic (exact) mass is 323 g/mol. The van der Waals surface area contributed by atoms with Crippen LogP contribution >= 0.6 is 11.6 Å². The molecule has 0 saturated carbocycles. The van der Waals surface area contributed by atoms with Crippen molar-refractivity contribution in [1.82, 2.24) is 15.5 Å². The summed E-state index contributed by atoms with van der Waals surface area (Å²) in [6.45, 7) is 3.60. The van der Waals surface area contributed by atoms with Crippen LogP contribution in [0.5, 0.6) is 0 Å². The number of likely N-dealkylation sites (N-methyl/N-ethyl adjacent to an activating group) is 1. The largest absolute Gasteiger partial charge is 0.351 e. The van der Waals surface area contributed by atoms with Crippen molar-refractivity contribution >= 4 is 17.5 Å². The summed E-state index contributed by atoms with van der Waals surface area (Å²) in [5, 5.41) is 7.46. The number of rotatable bonds is 7. The summed E-state index contributed by atoms with van der Waals surface area (Å²) in [4.78, 5) is 17.0. The van der Waals surface area contributed by atoms with Crippen LogP contribution in [0, 0.1) is 0 Å². The fourth-order valence-electron chi connectivity index (χ4n) is 1.96. The molecule has 1 atom stereocenters.